The highest BCUT2D eigenvalue weighted by Gasteiger charge is 2.29. The van der Waals surface area contributed by atoms with Crippen molar-refractivity contribution in [3.05, 3.63) is 70.8 Å². The van der Waals surface area contributed by atoms with E-state index in [4.69, 9.17) is 9.94 Å². The molecule has 1 saturated heterocycles. The van der Waals surface area contributed by atoms with Gasteiger partial charge in [0.25, 0.3) is 0 Å². The predicted octanol–water partition coefficient (Wildman–Crippen LogP) is 3.38. The normalized spacial score (nSPS) is 17.3. The zero-order chi connectivity index (χ0) is 19.4. The maximum atomic E-state index is 12.4. The van der Waals surface area contributed by atoms with Crippen LogP contribution in [0.2, 0.25) is 0 Å². The number of aromatic carboxylic acids is 2. The summed E-state index contributed by atoms with van der Waals surface area (Å²) < 4.78 is 0. The van der Waals surface area contributed by atoms with Crippen molar-refractivity contribution in [1.82, 2.24) is 5.06 Å². The minimum Gasteiger partial charge on any atom is -0.478 e. The molecular weight excluding hydrogens is 350 g/mol. The highest BCUT2D eigenvalue weighted by Crippen LogP contribution is 2.32. The van der Waals surface area contributed by atoms with Crippen LogP contribution in [0.5, 0.6) is 0 Å². The maximum absolute atomic E-state index is 12.4. The third kappa shape index (κ3) is 4.15. The summed E-state index contributed by atoms with van der Waals surface area (Å²) in [6.07, 6.45) is 2.41. The van der Waals surface area contributed by atoms with Gasteiger partial charge >= 0.3 is 17.9 Å². The Balaban J connectivity index is 1.87. The van der Waals surface area contributed by atoms with Crippen LogP contribution in [-0.4, -0.2) is 39.7 Å². The number of nitrogens with zero attached hydrogens (tertiary/aromatic N) is 1. The zero-order valence-corrected chi connectivity index (χ0v) is 14.5. The summed E-state index contributed by atoms with van der Waals surface area (Å²) in [7, 11) is 0. The maximum Gasteiger partial charge on any atom is 0.357 e. The van der Waals surface area contributed by atoms with Crippen molar-refractivity contribution < 1.29 is 29.4 Å². The fourth-order valence-corrected chi connectivity index (χ4v) is 3.21. The number of carbonyl (C=O) groups excluding carboxylic acids is 1. The summed E-state index contributed by atoms with van der Waals surface area (Å²) in [6, 6.07) is 12.5. The highest BCUT2D eigenvalue weighted by molar-refractivity contribution is 6.01. The lowest BCUT2D eigenvalue weighted by Gasteiger charge is -2.34. The molecule has 0 saturated carbocycles. The van der Waals surface area contributed by atoms with Gasteiger partial charge in [-0.3, -0.25) is 0 Å². The van der Waals surface area contributed by atoms with Crippen LogP contribution in [0.4, 0.5) is 0 Å². The van der Waals surface area contributed by atoms with Gasteiger partial charge in [-0.2, -0.15) is 0 Å². The van der Waals surface area contributed by atoms with Crippen molar-refractivity contribution >= 4 is 17.9 Å². The molecule has 1 fully saturated rings. The Labute approximate surface area is 155 Å². The Morgan fingerprint density at radius 1 is 0.926 bits per heavy atom. The lowest BCUT2D eigenvalue weighted by Crippen LogP contribution is -2.35. The molecule has 0 aliphatic carbocycles. The molecule has 1 heterocycles. The van der Waals surface area contributed by atoms with E-state index in [0.717, 1.165) is 12.8 Å². The van der Waals surface area contributed by atoms with Crippen molar-refractivity contribution in [2.45, 2.75) is 25.3 Å². The second kappa shape index (κ2) is 8.01. The van der Waals surface area contributed by atoms with Gasteiger partial charge in [0.05, 0.1) is 22.7 Å². The number of piperidine rings is 1. The van der Waals surface area contributed by atoms with Gasteiger partial charge in [-0.25, -0.2) is 14.4 Å². The molecule has 1 aliphatic rings. The van der Waals surface area contributed by atoms with Crippen molar-refractivity contribution in [3.63, 3.8) is 0 Å². The molecule has 1 atom stereocenters. The Morgan fingerprint density at radius 2 is 1.63 bits per heavy atom. The third-order valence-electron chi connectivity index (χ3n) is 4.55. The van der Waals surface area contributed by atoms with E-state index in [0.29, 0.717) is 24.1 Å². The first kappa shape index (κ1) is 18.6. The molecule has 1 aliphatic heterocycles. The van der Waals surface area contributed by atoms with Crippen LogP contribution in [0, 0.1) is 0 Å². The molecule has 7 nitrogen and oxygen atoms in total. The van der Waals surface area contributed by atoms with Crippen LogP contribution in [0.15, 0.2) is 48.5 Å². The summed E-state index contributed by atoms with van der Waals surface area (Å²) in [5, 5.41) is 20.1. The van der Waals surface area contributed by atoms with Crippen LogP contribution in [0.3, 0.4) is 0 Å². The van der Waals surface area contributed by atoms with Crippen molar-refractivity contribution in [2.75, 3.05) is 6.54 Å². The predicted molar refractivity (Wildman–Crippen MR) is 95.5 cm³/mol. The second-order valence-corrected chi connectivity index (χ2v) is 6.31. The number of benzene rings is 2. The molecule has 2 N–H and O–H groups in total. The smallest absolute Gasteiger partial charge is 0.357 e. The minimum atomic E-state index is -1.31. The van der Waals surface area contributed by atoms with Crippen molar-refractivity contribution in [1.29, 1.82) is 0 Å². The largest absolute Gasteiger partial charge is 0.478 e. The Morgan fingerprint density at radius 3 is 2.30 bits per heavy atom. The average molecular weight is 369 g/mol. The van der Waals surface area contributed by atoms with E-state index in [1.54, 1.807) is 41.5 Å². The molecule has 0 aromatic heterocycles. The van der Waals surface area contributed by atoms with E-state index in [-0.39, 0.29) is 17.2 Å². The van der Waals surface area contributed by atoms with Gasteiger partial charge in [0, 0.05) is 6.54 Å². The Hall–Kier alpha value is -3.19. The number of hydrogen-bond acceptors (Lipinski definition) is 5. The van der Waals surface area contributed by atoms with Gasteiger partial charge in [-0.05, 0) is 42.7 Å². The van der Waals surface area contributed by atoms with E-state index < -0.39 is 17.9 Å². The molecule has 0 radical (unpaired) electrons. The van der Waals surface area contributed by atoms with E-state index in [1.807, 2.05) is 0 Å². The number of rotatable bonds is 5. The quantitative estimate of drug-likeness (QED) is 0.832. The first-order chi connectivity index (χ1) is 13.0. The van der Waals surface area contributed by atoms with Crippen LogP contribution >= 0.6 is 0 Å². The molecule has 2 aromatic carbocycles. The molecule has 1 unspecified atom stereocenters. The number of carboxylic acid groups (broad SMARTS) is 2. The van der Waals surface area contributed by atoms with Gasteiger partial charge in [-0.15, -0.1) is 5.06 Å². The zero-order valence-electron chi connectivity index (χ0n) is 14.5. The topological polar surface area (TPSA) is 104 Å². The summed E-state index contributed by atoms with van der Waals surface area (Å²) in [5.41, 5.74) is 0.488. The fraction of sp³-hybridized carbons (Fsp3) is 0.250. The average Bonchev–Trinajstić information content (AvgIpc) is 2.68. The van der Waals surface area contributed by atoms with E-state index in [1.165, 1.54) is 12.1 Å². The summed E-state index contributed by atoms with van der Waals surface area (Å²) in [5.74, 6) is -3.09. The number of hydroxylamine groups is 2. The molecule has 140 valence electrons. The number of carbonyl (C=O) groups is 3. The molecule has 3 rings (SSSR count). The van der Waals surface area contributed by atoms with Gasteiger partial charge in [0.1, 0.15) is 0 Å². The van der Waals surface area contributed by atoms with E-state index in [9.17, 15) is 19.5 Å². The standard InChI is InChI=1S/C20H19NO6/c22-18(23)15-10-9-14(12-16(15)19(24)25)17-8-4-5-11-21(17)27-20(26)13-6-2-1-3-7-13/h1-3,6-7,9-10,12,17H,4-5,8,11H2,(H,22,23)(H,24,25). The fourth-order valence-electron chi connectivity index (χ4n) is 3.21. The molecule has 0 amide bonds. The van der Waals surface area contributed by atoms with Crippen LogP contribution in [-0.2, 0) is 4.84 Å². The molecule has 7 heteroatoms. The SMILES string of the molecule is O=C(ON1CCCCC1c1ccc(C(=O)O)c(C(=O)O)c1)c1ccccc1. The highest BCUT2D eigenvalue weighted by atomic mass is 16.7. The molecule has 2 aromatic rings. The Bertz CT molecular complexity index is 864. The van der Waals surface area contributed by atoms with Gasteiger partial charge in [0.15, 0.2) is 0 Å². The van der Waals surface area contributed by atoms with E-state index >= 15 is 0 Å². The van der Waals surface area contributed by atoms with Crippen LogP contribution in [0.1, 0.15) is 61.9 Å². The van der Waals surface area contributed by atoms with Crippen LogP contribution in [0.25, 0.3) is 0 Å². The van der Waals surface area contributed by atoms with Gasteiger partial charge in [-0.1, -0.05) is 30.7 Å². The number of hydrogen-bond donors (Lipinski definition) is 2. The van der Waals surface area contributed by atoms with Gasteiger partial charge in [0.2, 0.25) is 0 Å². The second-order valence-electron chi connectivity index (χ2n) is 6.31. The molecular formula is C20H19NO6. The lowest BCUT2D eigenvalue weighted by atomic mass is 9.94. The lowest BCUT2D eigenvalue weighted by molar-refractivity contribution is -0.152. The first-order valence-electron chi connectivity index (χ1n) is 8.62. The minimum absolute atomic E-state index is 0.269. The van der Waals surface area contributed by atoms with Crippen LogP contribution < -0.4 is 0 Å². The number of carboxylic acids is 2. The van der Waals surface area contributed by atoms with Crippen molar-refractivity contribution in [2.24, 2.45) is 0 Å². The Kier molecular flexibility index (Phi) is 5.52. The molecule has 27 heavy (non-hydrogen) atoms. The summed E-state index contributed by atoms with van der Waals surface area (Å²) >= 11 is 0. The summed E-state index contributed by atoms with van der Waals surface area (Å²) in [4.78, 5) is 40.6. The monoisotopic (exact) mass is 369 g/mol. The van der Waals surface area contributed by atoms with E-state index in [2.05, 4.69) is 0 Å². The summed E-state index contributed by atoms with van der Waals surface area (Å²) in [6.45, 7) is 0.520. The van der Waals surface area contributed by atoms with Gasteiger partial charge < -0.3 is 15.1 Å². The van der Waals surface area contributed by atoms with Crippen molar-refractivity contribution in [3.8, 4) is 0 Å². The first-order valence-corrected chi connectivity index (χ1v) is 8.62. The molecule has 0 bridgehead atoms. The third-order valence-corrected chi connectivity index (χ3v) is 4.55. The molecule has 0 spiro atoms.